The summed E-state index contributed by atoms with van der Waals surface area (Å²) in [5.74, 6) is -1.46. The van der Waals surface area contributed by atoms with Gasteiger partial charge in [0.1, 0.15) is 17.9 Å². The molecule has 2 heterocycles. The van der Waals surface area contributed by atoms with Crippen molar-refractivity contribution in [3.63, 3.8) is 0 Å². The highest BCUT2D eigenvalue weighted by Gasteiger charge is 2.46. The van der Waals surface area contributed by atoms with Gasteiger partial charge in [-0.2, -0.15) is 4.31 Å². The van der Waals surface area contributed by atoms with Gasteiger partial charge in [0.15, 0.2) is 0 Å². The maximum Gasteiger partial charge on any atom is 0.326 e. The minimum absolute atomic E-state index is 0.0219. The number of rotatable bonds is 16. The topological polar surface area (TPSA) is 134 Å². The number of Topliss-reactive ketones (excluding diaryl/α,β-unsaturated/α-hetero) is 1. The minimum Gasteiger partial charge on any atom is -0.480 e. The van der Waals surface area contributed by atoms with E-state index in [2.05, 4.69) is 10.3 Å². The number of hydrogen-bond acceptors (Lipinski definition) is 7. The molecule has 3 atom stereocenters. The van der Waals surface area contributed by atoms with Gasteiger partial charge in [0.2, 0.25) is 15.9 Å². The summed E-state index contributed by atoms with van der Waals surface area (Å²) >= 11 is 1.37. The van der Waals surface area contributed by atoms with E-state index in [9.17, 15) is 27.9 Å². The van der Waals surface area contributed by atoms with Crippen LogP contribution in [0.1, 0.15) is 55.8 Å². The van der Waals surface area contributed by atoms with Crippen molar-refractivity contribution >= 4 is 39.4 Å². The summed E-state index contributed by atoms with van der Waals surface area (Å²) in [6.07, 6.45) is 6.80. The number of pyridine rings is 1. The molecule has 1 saturated heterocycles. The molecule has 44 heavy (non-hydrogen) atoms. The van der Waals surface area contributed by atoms with Gasteiger partial charge in [-0.25, -0.2) is 13.2 Å². The number of carboxylic acids is 1. The van der Waals surface area contributed by atoms with Gasteiger partial charge in [-0.15, -0.1) is 11.8 Å². The number of amides is 1. The van der Waals surface area contributed by atoms with Crippen molar-refractivity contribution in [1.82, 2.24) is 14.6 Å². The van der Waals surface area contributed by atoms with E-state index < -0.39 is 39.4 Å². The smallest absolute Gasteiger partial charge is 0.326 e. The molecule has 4 rings (SSSR count). The van der Waals surface area contributed by atoms with Crippen LogP contribution in [0, 0.1) is 0 Å². The number of carbonyl (C=O) groups excluding carboxylic acids is 2. The minimum atomic E-state index is -3.97. The Morgan fingerprint density at radius 3 is 2.34 bits per heavy atom. The SMILES string of the molecule is CCC1SC[C@@H](C(=O)NC(Cc2ccc(CC(=O)CCCCCc3ccccn3)cc2)C(=O)O)N1S(=O)(=O)c1ccccc1. The lowest BCUT2D eigenvalue weighted by Gasteiger charge is -2.28. The number of carboxylic acid groups (broad SMARTS) is 1. The average molecular weight is 638 g/mol. The van der Waals surface area contributed by atoms with Crippen molar-refractivity contribution in [3.8, 4) is 0 Å². The van der Waals surface area contributed by atoms with Crippen molar-refractivity contribution in [2.45, 2.75) is 80.6 Å². The van der Waals surface area contributed by atoms with Gasteiger partial charge in [0.25, 0.3) is 0 Å². The Morgan fingerprint density at radius 2 is 1.68 bits per heavy atom. The van der Waals surface area contributed by atoms with Crippen molar-refractivity contribution in [3.05, 3.63) is 95.8 Å². The van der Waals surface area contributed by atoms with E-state index in [1.54, 1.807) is 36.5 Å². The lowest BCUT2D eigenvalue weighted by molar-refractivity contribution is -0.142. The second kappa shape index (κ2) is 16.0. The normalized spacial score (nSPS) is 17.7. The Morgan fingerprint density at radius 1 is 0.977 bits per heavy atom. The van der Waals surface area contributed by atoms with E-state index in [1.165, 1.54) is 28.2 Å². The maximum absolute atomic E-state index is 13.5. The molecule has 0 spiro atoms. The molecule has 0 aliphatic carbocycles. The van der Waals surface area contributed by atoms with E-state index in [0.717, 1.165) is 36.9 Å². The Balaban J connectivity index is 1.30. The van der Waals surface area contributed by atoms with Gasteiger partial charge in [0, 0.05) is 36.9 Å². The van der Waals surface area contributed by atoms with E-state index in [1.807, 2.05) is 37.3 Å². The molecule has 1 fully saturated rings. The van der Waals surface area contributed by atoms with Crippen LogP contribution in [-0.2, 0) is 43.7 Å². The van der Waals surface area contributed by atoms with E-state index in [4.69, 9.17) is 0 Å². The summed E-state index contributed by atoms with van der Waals surface area (Å²) in [6, 6.07) is 18.7. The third-order valence-electron chi connectivity index (χ3n) is 7.60. The molecule has 11 heteroatoms. The van der Waals surface area contributed by atoms with Crippen LogP contribution in [0.5, 0.6) is 0 Å². The molecule has 2 unspecified atom stereocenters. The number of aliphatic carboxylic acids is 1. The number of benzene rings is 2. The van der Waals surface area contributed by atoms with Crippen LogP contribution < -0.4 is 5.32 Å². The quantitative estimate of drug-likeness (QED) is 0.217. The zero-order chi connectivity index (χ0) is 31.5. The second-order valence-corrected chi connectivity index (χ2v) is 13.9. The lowest BCUT2D eigenvalue weighted by Crippen LogP contribution is -2.53. The van der Waals surface area contributed by atoms with Gasteiger partial charge < -0.3 is 10.4 Å². The molecule has 1 amide bonds. The van der Waals surface area contributed by atoms with Gasteiger partial charge in [0.05, 0.1) is 10.3 Å². The molecule has 1 aromatic heterocycles. The molecule has 1 aliphatic rings. The van der Waals surface area contributed by atoms with Crippen molar-refractivity contribution < 1.29 is 27.9 Å². The fraction of sp³-hybridized carbons (Fsp3) is 0.394. The molecule has 9 nitrogen and oxygen atoms in total. The van der Waals surface area contributed by atoms with Crippen LogP contribution in [0.2, 0.25) is 0 Å². The third kappa shape index (κ3) is 8.99. The number of unbranched alkanes of at least 4 members (excludes halogenated alkanes) is 2. The van der Waals surface area contributed by atoms with Crippen LogP contribution in [0.25, 0.3) is 0 Å². The van der Waals surface area contributed by atoms with Gasteiger partial charge in [-0.3, -0.25) is 14.6 Å². The number of nitrogens with zero attached hydrogens (tertiary/aromatic N) is 2. The number of hydrogen-bond donors (Lipinski definition) is 2. The predicted molar refractivity (Wildman–Crippen MR) is 171 cm³/mol. The second-order valence-electron chi connectivity index (χ2n) is 10.9. The van der Waals surface area contributed by atoms with Crippen molar-refractivity contribution in [2.24, 2.45) is 0 Å². The Bertz CT molecular complexity index is 1500. The highest BCUT2D eigenvalue weighted by atomic mass is 32.2. The highest BCUT2D eigenvalue weighted by Crippen LogP contribution is 2.36. The summed E-state index contributed by atoms with van der Waals surface area (Å²) in [6.45, 7) is 1.86. The standard InChI is InChI=1S/C33H39N3O6S2/c1-2-31-36(44(41,42)28-14-7-4-8-15-28)30(23-43-31)32(38)35-29(33(39)40)22-25-18-16-24(17-19-25)21-27(37)13-6-3-5-11-26-12-9-10-20-34-26/h4,7-10,12,14-20,29-31H,2-3,5-6,11,13,21-23H2,1H3,(H,35,38)(H,39,40)/t29?,30-,31?/m0/s1. The maximum atomic E-state index is 13.5. The van der Waals surface area contributed by atoms with E-state index >= 15 is 0 Å². The summed E-state index contributed by atoms with van der Waals surface area (Å²) in [7, 11) is -3.97. The first-order chi connectivity index (χ1) is 21.2. The number of aromatic nitrogens is 1. The number of carbonyl (C=O) groups is 3. The zero-order valence-corrected chi connectivity index (χ0v) is 26.4. The molecular formula is C33H39N3O6S2. The number of thioether (sulfide) groups is 1. The predicted octanol–water partition coefficient (Wildman–Crippen LogP) is 4.65. The third-order valence-corrected chi connectivity index (χ3v) is 11.1. The van der Waals surface area contributed by atoms with Gasteiger partial charge >= 0.3 is 5.97 Å². The highest BCUT2D eigenvalue weighted by molar-refractivity contribution is 8.01. The molecule has 1 aliphatic heterocycles. The zero-order valence-electron chi connectivity index (χ0n) is 24.8. The number of nitrogens with one attached hydrogen (secondary N) is 1. The molecule has 0 saturated carbocycles. The Hall–Kier alpha value is -3.54. The van der Waals surface area contributed by atoms with Gasteiger partial charge in [-0.1, -0.05) is 61.9 Å². The van der Waals surface area contributed by atoms with Crippen LogP contribution in [0.3, 0.4) is 0 Å². The molecule has 2 N–H and O–H groups in total. The lowest BCUT2D eigenvalue weighted by atomic mass is 10.00. The van der Waals surface area contributed by atoms with Gasteiger partial charge in [-0.05, 0) is 61.1 Å². The first kappa shape index (κ1) is 33.4. The molecule has 3 aromatic rings. The van der Waals surface area contributed by atoms with Crippen molar-refractivity contribution in [2.75, 3.05) is 5.75 Å². The molecular weight excluding hydrogens is 599 g/mol. The Kier molecular flexibility index (Phi) is 12.1. The van der Waals surface area contributed by atoms with E-state index in [-0.39, 0.29) is 22.9 Å². The van der Waals surface area contributed by atoms with E-state index in [0.29, 0.717) is 24.8 Å². The first-order valence-electron chi connectivity index (χ1n) is 14.9. The summed E-state index contributed by atoms with van der Waals surface area (Å²) < 4.78 is 28.2. The molecule has 0 radical (unpaired) electrons. The first-order valence-corrected chi connectivity index (χ1v) is 17.4. The van der Waals surface area contributed by atoms with Crippen LogP contribution in [-0.4, -0.2) is 63.7 Å². The number of aryl methyl sites for hydroxylation is 1. The van der Waals surface area contributed by atoms with Crippen molar-refractivity contribution in [1.29, 1.82) is 0 Å². The largest absolute Gasteiger partial charge is 0.480 e. The fourth-order valence-electron chi connectivity index (χ4n) is 5.24. The summed E-state index contributed by atoms with van der Waals surface area (Å²) in [5.41, 5.74) is 2.59. The molecule has 2 aromatic carbocycles. The Labute approximate surface area is 263 Å². The number of ketones is 1. The molecule has 0 bridgehead atoms. The molecule has 234 valence electrons. The monoisotopic (exact) mass is 637 g/mol. The number of sulfonamides is 1. The fourth-order valence-corrected chi connectivity index (χ4v) is 8.81. The van der Waals surface area contributed by atoms with Crippen LogP contribution >= 0.6 is 11.8 Å². The average Bonchev–Trinajstić information content (AvgIpc) is 3.48. The van der Waals surface area contributed by atoms with Crippen LogP contribution in [0.15, 0.2) is 83.9 Å². The summed E-state index contributed by atoms with van der Waals surface area (Å²) in [4.78, 5) is 42.4. The van der Waals surface area contributed by atoms with Crippen LogP contribution in [0.4, 0.5) is 0 Å². The summed E-state index contributed by atoms with van der Waals surface area (Å²) in [5, 5.41) is 12.0.